The Morgan fingerprint density at radius 3 is 2.60 bits per heavy atom. The van der Waals surface area contributed by atoms with Crippen LogP contribution in [-0.4, -0.2) is 23.2 Å². The SMILES string of the molecule is O=C1C(=O)N(CCc2ccncc2)c2ccc(Br)cc21. The van der Waals surface area contributed by atoms with Crippen LogP contribution in [0.1, 0.15) is 15.9 Å². The van der Waals surface area contributed by atoms with Gasteiger partial charge in [-0.3, -0.25) is 14.6 Å². The van der Waals surface area contributed by atoms with Gasteiger partial charge in [0, 0.05) is 23.4 Å². The Morgan fingerprint density at radius 1 is 1.10 bits per heavy atom. The first-order valence-electron chi connectivity index (χ1n) is 6.21. The third-order valence-corrected chi connectivity index (χ3v) is 3.80. The minimum Gasteiger partial charge on any atom is -0.304 e. The minimum absolute atomic E-state index is 0.434. The van der Waals surface area contributed by atoms with Crippen molar-refractivity contribution in [3.05, 3.63) is 58.3 Å². The van der Waals surface area contributed by atoms with E-state index in [1.807, 2.05) is 18.2 Å². The second kappa shape index (κ2) is 5.17. The van der Waals surface area contributed by atoms with Crippen LogP contribution in [0.15, 0.2) is 47.2 Å². The van der Waals surface area contributed by atoms with E-state index in [1.165, 1.54) is 0 Å². The number of aromatic nitrogens is 1. The van der Waals surface area contributed by atoms with E-state index in [9.17, 15) is 9.59 Å². The first-order valence-corrected chi connectivity index (χ1v) is 7.01. The third kappa shape index (κ3) is 2.25. The van der Waals surface area contributed by atoms with Crippen molar-refractivity contribution in [2.45, 2.75) is 6.42 Å². The highest BCUT2D eigenvalue weighted by Gasteiger charge is 2.35. The largest absolute Gasteiger partial charge is 0.304 e. The number of anilines is 1. The summed E-state index contributed by atoms with van der Waals surface area (Å²) in [6.45, 7) is 0.489. The van der Waals surface area contributed by atoms with Crippen LogP contribution in [0, 0.1) is 0 Å². The van der Waals surface area contributed by atoms with Gasteiger partial charge in [-0.25, -0.2) is 0 Å². The minimum atomic E-state index is -0.452. The van der Waals surface area contributed by atoms with Crippen LogP contribution >= 0.6 is 15.9 Å². The van der Waals surface area contributed by atoms with Crippen molar-refractivity contribution >= 4 is 33.3 Å². The van der Waals surface area contributed by atoms with Crippen LogP contribution in [0.3, 0.4) is 0 Å². The van der Waals surface area contributed by atoms with E-state index in [4.69, 9.17) is 0 Å². The number of hydrogen-bond donors (Lipinski definition) is 0. The molecule has 100 valence electrons. The topological polar surface area (TPSA) is 50.3 Å². The molecule has 2 heterocycles. The second-order valence-corrected chi connectivity index (χ2v) is 5.47. The Hall–Kier alpha value is -2.01. The molecule has 0 spiro atoms. The van der Waals surface area contributed by atoms with Crippen molar-refractivity contribution in [1.82, 2.24) is 4.98 Å². The normalized spacial score (nSPS) is 13.8. The first kappa shape index (κ1) is 13.0. The zero-order valence-electron chi connectivity index (χ0n) is 10.5. The molecule has 0 saturated heterocycles. The molecule has 0 radical (unpaired) electrons. The van der Waals surface area contributed by atoms with Crippen LogP contribution in [-0.2, 0) is 11.2 Å². The lowest BCUT2D eigenvalue weighted by molar-refractivity contribution is -0.114. The number of rotatable bonds is 3. The lowest BCUT2D eigenvalue weighted by Crippen LogP contribution is -2.31. The van der Waals surface area contributed by atoms with Gasteiger partial charge in [-0.15, -0.1) is 0 Å². The van der Waals surface area contributed by atoms with E-state index >= 15 is 0 Å². The zero-order valence-corrected chi connectivity index (χ0v) is 12.1. The van der Waals surface area contributed by atoms with E-state index in [2.05, 4.69) is 20.9 Å². The molecule has 0 fully saturated rings. The predicted octanol–water partition coefficient (Wildman–Crippen LogP) is 2.62. The fraction of sp³-hybridized carbons (Fsp3) is 0.133. The Morgan fingerprint density at radius 2 is 1.85 bits per heavy atom. The molecule has 3 rings (SSSR count). The Labute approximate surface area is 124 Å². The quantitative estimate of drug-likeness (QED) is 0.813. The van der Waals surface area contributed by atoms with Gasteiger partial charge in [-0.2, -0.15) is 0 Å². The molecule has 5 heteroatoms. The number of amides is 1. The molecule has 0 N–H and O–H groups in total. The Kier molecular flexibility index (Phi) is 3.36. The number of fused-ring (bicyclic) bond motifs is 1. The summed E-state index contributed by atoms with van der Waals surface area (Å²) in [5, 5.41) is 0. The molecule has 1 aromatic heterocycles. The van der Waals surface area contributed by atoms with Crippen LogP contribution in [0.25, 0.3) is 0 Å². The smallest absolute Gasteiger partial charge is 0.299 e. The number of benzene rings is 1. The van der Waals surface area contributed by atoms with Crippen molar-refractivity contribution < 1.29 is 9.59 Å². The summed E-state index contributed by atoms with van der Waals surface area (Å²) in [6.07, 6.45) is 4.13. The Balaban J connectivity index is 1.84. The van der Waals surface area contributed by atoms with Gasteiger partial charge in [0.25, 0.3) is 11.7 Å². The summed E-state index contributed by atoms with van der Waals surface area (Å²) >= 11 is 3.32. The maximum atomic E-state index is 12.0. The summed E-state index contributed by atoms with van der Waals surface area (Å²) in [7, 11) is 0. The average molecular weight is 331 g/mol. The lowest BCUT2D eigenvalue weighted by atomic mass is 10.1. The highest BCUT2D eigenvalue weighted by molar-refractivity contribution is 9.10. The molecule has 1 aliphatic rings. The molecule has 20 heavy (non-hydrogen) atoms. The highest BCUT2D eigenvalue weighted by atomic mass is 79.9. The summed E-state index contributed by atoms with van der Waals surface area (Å²) in [5.74, 6) is -0.886. The number of halogens is 1. The first-order chi connectivity index (χ1) is 9.66. The van der Waals surface area contributed by atoms with Gasteiger partial charge in [-0.05, 0) is 42.3 Å². The van der Waals surface area contributed by atoms with Crippen LogP contribution in [0.2, 0.25) is 0 Å². The summed E-state index contributed by atoms with van der Waals surface area (Å²) in [6, 6.07) is 9.15. The highest BCUT2D eigenvalue weighted by Crippen LogP contribution is 2.31. The average Bonchev–Trinajstić information content (AvgIpc) is 2.70. The number of nitrogens with zero attached hydrogens (tertiary/aromatic N) is 2. The van der Waals surface area contributed by atoms with Crippen LogP contribution in [0.5, 0.6) is 0 Å². The number of carbonyl (C=O) groups is 2. The molecule has 0 saturated carbocycles. The molecule has 0 atom stereocenters. The molecular formula is C15H11BrN2O2. The molecule has 0 bridgehead atoms. The molecular weight excluding hydrogens is 320 g/mol. The molecule has 4 nitrogen and oxygen atoms in total. The van der Waals surface area contributed by atoms with Gasteiger partial charge >= 0.3 is 0 Å². The fourth-order valence-corrected chi connectivity index (χ4v) is 2.65. The van der Waals surface area contributed by atoms with Gasteiger partial charge in [0.2, 0.25) is 0 Å². The molecule has 2 aromatic rings. The zero-order chi connectivity index (χ0) is 14.1. The number of hydrogen-bond acceptors (Lipinski definition) is 3. The summed E-state index contributed by atoms with van der Waals surface area (Å²) in [4.78, 5) is 29.5. The molecule has 1 aromatic carbocycles. The van der Waals surface area contributed by atoms with E-state index < -0.39 is 11.7 Å². The number of carbonyl (C=O) groups excluding carboxylic acids is 2. The fourth-order valence-electron chi connectivity index (χ4n) is 2.29. The van der Waals surface area contributed by atoms with Crippen LogP contribution < -0.4 is 4.90 Å². The van der Waals surface area contributed by atoms with Gasteiger partial charge in [0.05, 0.1) is 11.3 Å². The van der Waals surface area contributed by atoms with Crippen molar-refractivity contribution in [3.63, 3.8) is 0 Å². The summed E-state index contributed by atoms with van der Waals surface area (Å²) in [5.41, 5.74) is 2.25. The molecule has 0 aliphatic carbocycles. The maximum Gasteiger partial charge on any atom is 0.299 e. The van der Waals surface area contributed by atoms with E-state index in [0.717, 1.165) is 10.0 Å². The van der Waals surface area contributed by atoms with E-state index in [-0.39, 0.29) is 0 Å². The van der Waals surface area contributed by atoms with Crippen LogP contribution in [0.4, 0.5) is 5.69 Å². The van der Waals surface area contributed by atoms with Gasteiger partial charge in [0.15, 0.2) is 0 Å². The van der Waals surface area contributed by atoms with E-state index in [1.54, 1.807) is 29.4 Å². The van der Waals surface area contributed by atoms with Gasteiger partial charge in [0.1, 0.15) is 0 Å². The van der Waals surface area contributed by atoms with Crippen molar-refractivity contribution in [2.75, 3.05) is 11.4 Å². The van der Waals surface area contributed by atoms with Crippen molar-refractivity contribution in [1.29, 1.82) is 0 Å². The standard InChI is InChI=1S/C15H11BrN2O2/c16-11-1-2-13-12(9-11)14(19)15(20)18(13)8-5-10-3-6-17-7-4-10/h1-4,6-7,9H,5,8H2. The van der Waals surface area contributed by atoms with E-state index in [0.29, 0.717) is 24.2 Å². The number of ketones is 1. The third-order valence-electron chi connectivity index (χ3n) is 3.31. The monoisotopic (exact) mass is 330 g/mol. The summed E-state index contributed by atoms with van der Waals surface area (Å²) < 4.78 is 0.799. The molecule has 1 aliphatic heterocycles. The van der Waals surface area contributed by atoms with Gasteiger partial charge < -0.3 is 4.90 Å². The molecule has 1 amide bonds. The lowest BCUT2D eigenvalue weighted by Gasteiger charge is -2.16. The number of Topliss-reactive ketones (excluding diaryl/α,β-unsaturated/α-hetero) is 1. The second-order valence-electron chi connectivity index (χ2n) is 4.55. The maximum absolute atomic E-state index is 12.0. The van der Waals surface area contributed by atoms with Crippen molar-refractivity contribution in [2.24, 2.45) is 0 Å². The predicted molar refractivity (Wildman–Crippen MR) is 78.8 cm³/mol. The molecule has 0 unspecified atom stereocenters. The van der Waals surface area contributed by atoms with Gasteiger partial charge in [-0.1, -0.05) is 15.9 Å². The van der Waals surface area contributed by atoms with Crippen molar-refractivity contribution in [3.8, 4) is 0 Å². The number of pyridine rings is 1. The Bertz CT molecular complexity index is 686.